The van der Waals surface area contributed by atoms with E-state index in [-0.39, 0.29) is 26.0 Å². The zero-order valence-corrected chi connectivity index (χ0v) is 14.3. The number of nitrogens with one attached hydrogen (secondary N) is 2. The second-order valence-corrected chi connectivity index (χ2v) is 5.50. The molecule has 0 unspecified atom stereocenters. The highest BCUT2D eigenvalue weighted by molar-refractivity contribution is 5.74. The van der Waals surface area contributed by atoms with Crippen LogP contribution in [0.1, 0.15) is 5.56 Å². The SMILES string of the molecule is O=C(NCC#CCOc1ccc2c(c1)OCO2)NCCc1ccccc1. The number of carbonyl (C=O) groups excluding carboxylic acids is 1. The number of urea groups is 1. The fourth-order valence-electron chi connectivity index (χ4n) is 2.35. The first kappa shape index (κ1) is 17.5. The molecule has 2 aromatic carbocycles. The first-order valence-electron chi connectivity index (χ1n) is 8.35. The Morgan fingerprint density at radius 2 is 1.88 bits per heavy atom. The molecule has 0 saturated carbocycles. The Bertz CT molecular complexity index is 796. The lowest BCUT2D eigenvalue weighted by Gasteiger charge is -2.05. The minimum absolute atomic E-state index is 0.230. The summed E-state index contributed by atoms with van der Waals surface area (Å²) >= 11 is 0. The molecule has 0 saturated heterocycles. The predicted octanol–water partition coefficient (Wildman–Crippen LogP) is 2.34. The molecule has 3 rings (SSSR count). The molecule has 0 atom stereocenters. The zero-order valence-electron chi connectivity index (χ0n) is 14.3. The van der Waals surface area contributed by atoms with E-state index in [1.54, 1.807) is 18.2 Å². The summed E-state index contributed by atoms with van der Waals surface area (Å²) in [6.45, 7) is 1.31. The number of hydrogen-bond acceptors (Lipinski definition) is 4. The Labute approximate surface area is 152 Å². The molecule has 1 aliphatic rings. The molecule has 0 fully saturated rings. The van der Waals surface area contributed by atoms with E-state index in [1.807, 2.05) is 30.3 Å². The van der Waals surface area contributed by atoms with E-state index in [4.69, 9.17) is 14.2 Å². The first-order chi connectivity index (χ1) is 12.8. The number of hydrogen-bond donors (Lipinski definition) is 2. The number of amides is 2. The predicted molar refractivity (Wildman–Crippen MR) is 97.4 cm³/mol. The molecular weight excluding hydrogens is 332 g/mol. The van der Waals surface area contributed by atoms with Crippen molar-refractivity contribution in [3.05, 3.63) is 54.1 Å². The average Bonchev–Trinajstić information content (AvgIpc) is 3.13. The van der Waals surface area contributed by atoms with Crippen LogP contribution in [0, 0.1) is 11.8 Å². The van der Waals surface area contributed by atoms with E-state index in [0.29, 0.717) is 23.8 Å². The third-order valence-corrected chi connectivity index (χ3v) is 3.66. The van der Waals surface area contributed by atoms with Crippen LogP contribution in [0.25, 0.3) is 0 Å². The van der Waals surface area contributed by atoms with Gasteiger partial charge in [-0.3, -0.25) is 0 Å². The zero-order chi connectivity index (χ0) is 18.0. The highest BCUT2D eigenvalue weighted by atomic mass is 16.7. The second kappa shape index (κ2) is 9.23. The molecule has 2 N–H and O–H groups in total. The van der Waals surface area contributed by atoms with E-state index in [9.17, 15) is 4.79 Å². The van der Waals surface area contributed by atoms with Gasteiger partial charge in [-0.2, -0.15) is 0 Å². The largest absolute Gasteiger partial charge is 0.481 e. The van der Waals surface area contributed by atoms with Gasteiger partial charge in [0, 0.05) is 12.6 Å². The minimum Gasteiger partial charge on any atom is -0.481 e. The van der Waals surface area contributed by atoms with Crippen LogP contribution < -0.4 is 24.8 Å². The van der Waals surface area contributed by atoms with Gasteiger partial charge in [0.2, 0.25) is 6.79 Å². The van der Waals surface area contributed by atoms with Crippen LogP contribution in [0.2, 0.25) is 0 Å². The van der Waals surface area contributed by atoms with E-state index >= 15 is 0 Å². The molecule has 0 aromatic heterocycles. The smallest absolute Gasteiger partial charge is 0.315 e. The molecule has 6 nitrogen and oxygen atoms in total. The molecule has 1 aliphatic heterocycles. The molecule has 0 aliphatic carbocycles. The highest BCUT2D eigenvalue weighted by Crippen LogP contribution is 2.34. The van der Waals surface area contributed by atoms with Gasteiger partial charge < -0.3 is 24.8 Å². The van der Waals surface area contributed by atoms with Crippen LogP contribution in [0.15, 0.2) is 48.5 Å². The van der Waals surface area contributed by atoms with Gasteiger partial charge in [-0.1, -0.05) is 42.2 Å². The number of benzene rings is 2. The summed E-state index contributed by atoms with van der Waals surface area (Å²) in [4.78, 5) is 11.6. The normalized spacial score (nSPS) is 11.2. The van der Waals surface area contributed by atoms with Gasteiger partial charge in [-0.15, -0.1) is 0 Å². The number of ether oxygens (including phenoxy) is 3. The van der Waals surface area contributed by atoms with E-state index < -0.39 is 0 Å². The minimum atomic E-state index is -0.230. The molecule has 1 heterocycles. The van der Waals surface area contributed by atoms with Crippen LogP contribution in [-0.2, 0) is 6.42 Å². The molecular formula is C20H20N2O4. The average molecular weight is 352 g/mol. The van der Waals surface area contributed by atoms with Crippen LogP contribution in [0.4, 0.5) is 4.79 Å². The van der Waals surface area contributed by atoms with Gasteiger partial charge in [-0.25, -0.2) is 4.79 Å². The van der Waals surface area contributed by atoms with Crippen molar-refractivity contribution in [1.82, 2.24) is 10.6 Å². The van der Waals surface area contributed by atoms with E-state index in [1.165, 1.54) is 5.56 Å². The maximum absolute atomic E-state index is 11.6. The molecule has 2 aromatic rings. The van der Waals surface area contributed by atoms with Crippen molar-refractivity contribution in [3.63, 3.8) is 0 Å². The molecule has 0 radical (unpaired) electrons. The summed E-state index contributed by atoms with van der Waals surface area (Å²) in [6, 6.07) is 15.1. The molecule has 134 valence electrons. The topological polar surface area (TPSA) is 68.8 Å². The Kier molecular flexibility index (Phi) is 6.21. The molecule has 0 spiro atoms. The molecule has 26 heavy (non-hydrogen) atoms. The molecule has 6 heteroatoms. The summed E-state index contributed by atoms with van der Waals surface area (Å²) < 4.78 is 16.0. The maximum atomic E-state index is 11.6. The Morgan fingerprint density at radius 1 is 1.04 bits per heavy atom. The Hall–Kier alpha value is -3.33. The summed E-state index contributed by atoms with van der Waals surface area (Å²) in [6.07, 6.45) is 0.795. The molecule has 0 bridgehead atoms. The lowest BCUT2D eigenvalue weighted by Crippen LogP contribution is -2.36. The number of rotatable bonds is 6. The highest BCUT2D eigenvalue weighted by Gasteiger charge is 2.13. The van der Waals surface area contributed by atoms with Crippen LogP contribution >= 0.6 is 0 Å². The van der Waals surface area contributed by atoms with Crippen molar-refractivity contribution in [2.45, 2.75) is 6.42 Å². The van der Waals surface area contributed by atoms with E-state index in [0.717, 1.165) is 6.42 Å². The van der Waals surface area contributed by atoms with Gasteiger partial charge in [0.05, 0.1) is 6.54 Å². The Morgan fingerprint density at radius 3 is 2.77 bits per heavy atom. The third-order valence-electron chi connectivity index (χ3n) is 3.66. The Balaban J connectivity index is 1.28. The number of fused-ring (bicyclic) bond motifs is 1. The monoisotopic (exact) mass is 352 g/mol. The van der Waals surface area contributed by atoms with Crippen LogP contribution in [0.3, 0.4) is 0 Å². The van der Waals surface area contributed by atoms with Crippen molar-refractivity contribution in [2.24, 2.45) is 0 Å². The lowest BCUT2D eigenvalue weighted by atomic mass is 10.1. The summed E-state index contributed by atoms with van der Waals surface area (Å²) in [5.74, 6) is 7.74. The summed E-state index contributed by atoms with van der Waals surface area (Å²) in [5, 5.41) is 5.48. The standard InChI is InChI=1S/C20H20N2O4/c23-20(22-12-10-16-6-2-1-3-7-16)21-11-4-5-13-24-17-8-9-18-19(14-17)26-15-25-18/h1-3,6-9,14H,10-13,15H2,(H2,21,22,23). The fraction of sp³-hybridized carbons (Fsp3) is 0.250. The maximum Gasteiger partial charge on any atom is 0.315 e. The number of carbonyl (C=O) groups is 1. The third kappa shape index (κ3) is 5.35. The van der Waals surface area contributed by atoms with Gasteiger partial charge in [0.15, 0.2) is 11.5 Å². The van der Waals surface area contributed by atoms with Crippen LogP contribution in [0.5, 0.6) is 17.2 Å². The van der Waals surface area contributed by atoms with Crippen molar-refractivity contribution >= 4 is 6.03 Å². The van der Waals surface area contributed by atoms with Gasteiger partial charge in [0.1, 0.15) is 12.4 Å². The van der Waals surface area contributed by atoms with Crippen molar-refractivity contribution < 1.29 is 19.0 Å². The second-order valence-electron chi connectivity index (χ2n) is 5.50. The lowest BCUT2D eigenvalue weighted by molar-refractivity contribution is 0.174. The summed E-state index contributed by atoms with van der Waals surface area (Å²) in [5.41, 5.74) is 1.19. The van der Waals surface area contributed by atoms with Crippen molar-refractivity contribution in [3.8, 4) is 29.1 Å². The fourth-order valence-corrected chi connectivity index (χ4v) is 2.35. The van der Waals surface area contributed by atoms with Gasteiger partial charge in [-0.05, 0) is 24.1 Å². The van der Waals surface area contributed by atoms with Gasteiger partial charge >= 0.3 is 6.03 Å². The van der Waals surface area contributed by atoms with E-state index in [2.05, 4.69) is 22.5 Å². The van der Waals surface area contributed by atoms with Gasteiger partial charge in [0.25, 0.3) is 0 Å². The quantitative estimate of drug-likeness (QED) is 0.783. The molecule has 2 amide bonds. The summed E-state index contributed by atoms with van der Waals surface area (Å²) in [7, 11) is 0. The van der Waals surface area contributed by atoms with Crippen molar-refractivity contribution in [1.29, 1.82) is 0 Å². The first-order valence-corrected chi connectivity index (χ1v) is 8.35. The van der Waals surface area contributed by atoms with Crippen LogP contribution in [-0.4, -0.2) is 32.5 Å². The van der Waals surface area contributed by atoms with Crippen molar-refractivity contribution in [2.75, 3.05) is 26.5 Å².